The summed E-state index contributed by atoms with van der Waals surface area (Å²) in [5.41, 5.74) is 2.40. The van der Waals surface area contributed by atoms with Crippen molar-refractivity contribution >= 4 is 28.5 Å². The Morgan fingerprint density at radius 1 is 1.24 bits per heavy atom. The highest BCUT2D eigenvalue weighted by atomic mass is 127. The van der Waals surface area contributed by atoms with E-state index in [0.717, 1.165) is 14.9 Å². The molecule has 1 amide bonds. The highest BCUT2D eigenvalue weighted by Gasteiger charge is 2.30. The van der Waals surface area contributed by atoms with E-state index in [9.17, 15) is 4.79 Å². The third kappa shape index (κ3) is 4.27. The summed E-state index contributed by atoms with van der Waals surface area (Å²) in [6, 6.07) is 13.5. The van der Waals surface area contributed by atoms with Gasteiger partial charge in [-0.25, -0.2) is 0 Å². The van der Waals surface area contributed by atoms with Gasteiger partial charge in [0, 0.05) is 6.54 Å². The fourth-order valence-electron chi connectivity index (χ4n) is 3.52. The second-order valence-electron chi connectivity index (χ2n) is 6.74. The first-order valence-electron chi connectivity index (χ1n) is 9.34. The zero-order valence-electron chi connectivity index (χ0n) is 16.0. The fraction of sp³-hybridized carbons (Fsp3) is 0.286. The van der Waals surface area contributed by atoms with E-state index in [1.807, 2.05) is 41.3 Å². The highest BCUT2D eigenvalue weighted by Crippen LogP contribution is 2.25. The molecule has 1 aliphatic rings. The van der Waals surface area contributed by atoms with Crippen LogP contribution in [0.5, 0.6) is 5.75 Å². The monoisotopic (exact) mass is 504 g/mol. The van der Waals surface area contributed by atoms with Crippen molar-refractivity contribution in [2.24, 2.45) is 0 Å². The molecule has 4 rings (SSSR count). The van der Waals surface area contributed by atoms with Crippen LogP contribution in [0, 0.1) is 3.57 Å². The Balaban J connectivity index is 1.60. The van der Waals surface area contributed by atoms with Gasteiger partial charge in [0.15, 0.2) is 0 Å². The summed E-state index contributed by atoms with van der Waals surface area (Å²) in [7, 11) is 1.67. The fourth-order valence-corrected chi connectivity index (χ4v) is 4.32. The molecular formula is C21H21IN4O3. The molecule has 1 aliphatic heterocycles. The zero-order chi connectivity index (χ0) is 20.2. The van der Waals surface area contributed by atoms with Crippen LogP contribution in [0.3, 0.4) is 0 Å². The van der Waals surface area contributed by atoms with Crippen LogP contribution < -0.4 is 4.74 Å². The maximum Gasteiger partial charge on any atom is 0.256 e. The Bertz CT molecular complexity index is 993. The number of carbonyl (C=O) groups is 1. The van der Waals surface area contributed by atoms with E-state index in [-0.39, 0.29) is 11.9 Å². The van der Waals surface area contributed by atoms with Gasteiger partial charge in [-0.05, 0) is 58.8 Å². The average Bonchev–Trinajstić information content (AvgIpc) is 3.29. The number of amides is 1. The standard InChI is InChI=1S/C21H21IN4O3/c1-28-20-7-6-15(13-18(20)22)12-16-14-29-11-10-25(16)21(27)17-4-2-3-5-19(17)26-23-8-9-24-26/h2-9,13,16H,10-12,14H2,1H3. The molecule has 1 fully saturated rings. The van der Waals surface area contributed by atoms with Crippen molar-refractivity contribution < 1.29 is 14.3 Å². The van der Waals surface area contributed by atoms with Gasteiger partial charge in [0.05, 0.1) is 53.6 Å². The predicted molar refractivity (Wildman–Crippen MR) is 116 cm³/mol. The summed E-state index contributed by atoms with van der Waals surface area (Å²) in [4.78, 5) is 16.9. The van der Waals surface area contributed by atoms with E-state index in [1.165, 1.54) is 4.80 Å². The maximum atomic E-state index is 13.5. The minimum Gasteiger partial charge on any atom is -0.496 e. The zero-order valence-corrected chi connectivity index (χ0v) is 18.2. The van der Waals surface area contributed by atoms with Crippen LogP contribution in [-0.4, -0.2) is 58.7 Å². The van der Waals surface area contributed by atoms with Gasteiger partial charge in [0.25, 0.3) is 5.91 Å². The number of benzene rings is 2. The van der Waals surface area contributed by atoms with E-state index in [0.29, 0.717) is 37.4 Å². The van der Waals surface area contributed by atoms with Crippen molar-refractivity contribution in [1.29, 1.82) is 0 Å². The number of methoxy groups -OCH3 is 1. The van der Waals surface area contributed by atoms with E-state index in [4.69, 9.17) is 9.47 Å². The van der Waals surface area contributed by atoms with Crippen LogP contribution in [0.4, 0.5) is 0 Å². The number of morpholine rings is 1. The molecule has 0 radical (unpaired) electrons. The number of hydrogen-bond donors (Lipinski definition) is 0. The molecule has 7 nitrogen and oxygen atoms in total. The molecule has 8 heteroatoms. The summed E-state index contributed by atoms with van der Waals surface area (Å²) in [5, 5.41) is 8.37. The Morgan fingerprint density at radius 2 is 2.03 bits per heavy atom. The maximum absolute atomic E-state index is 13.5. The van der Waals surface area contributed by atoms with Gasteiger partial charge in [-0.3, -0.25) is 4.79 Å². The Kier molecular flexibility index (Phi) is 6.10. The van der Waals surface area contributed by atoms with Gasteiger partial charge in [0.2, 0.25) is 0 Å². The van der Waals surface area contributed by atoms with Crippen molar-refractivity contribution in [3.05, 3.63) is 69.6 Å². The summed E-state index contributed by atoms with van der Waals surface area (Å²) >= 11 is 2.26. The molecule has 3 aromatic rings. The molecule has 1 saturated heterocycles. The molecule has 0 N–H and O–H groups in total. The van der Waals surface area contributed by atoms with Crippen molar-refractivity contribution in [1.82, 2.24) is 19.9 Å². The summed E-state index contributed by atoms with van der Waals surface area (Å²) in [5.74, 6) is 0.817. The van der Waals surface area contributed by atoms with E-state index < -0.39 is 0 Å². The average molecular weight is 504 g/mol. The Labute approximate surface area is 182 Å². The Hall–Kier alpha value is -2.46. The third-order valence-electron chi connectivity index (χ3n) is 4.94. The molecule has 1 aromatic heterocycles. The van der Waals surface area contributed by atoms with Crippen molar-refractivity contribution in [2.75, 3.05) is 26.9 Å². The lowest BCUT2D eigenvalue weighted by Gasteiger charge is -2.36. The number of para-hydroxylation sites is 1. The molecule has 2 heterocycles. The van der Waals surface area contributed by atoms with Gasteiger partial charge >= 0.3 is 0 Å². The molecule has 150 valence electrons. The topological polar surface area (TPSA) is 69.5 Å². The van der Waals surface area contributed by atoms with Gasteiger partial charge in [0.1, 0.15) is 5.75 Å². The van der Waals surface area contributed by atoms with Gasteiger partial charge in [-0.2, -0.15) is 15.0 Å². The first-order chi connectivity index (χ1) is 14.2. The van der Waals surface area contributed by atoms with E-state index in [2.05, 4.69) is 38.9 Å². The smallest absolute Gasteiger partial charge is 0.256 e. The second kappa shape index (κ2) is 8.91. The van der Waals surface area contributed by atoms with Crippen LogP contribution >= 0.6 is 22.6 Å². The number of aromatic nitrogens is 3. The molecule has 0 saturated carbocycles. The van der Waals surface area contributed by atoms with Crippen LogP contribution in [0.1, 0.15) is 15.9 Å². The summed E-state index contributed by atoms with van der Waals surface area (Å²) in [6.07, 6.45) is 3.92. The number of nitrogens with zero attached hydrogens (tertiary/aromatic N) is 4. The third-order valence-corrected chi connectivity index (χ3v) is 5.79. The first-order valence-corrected chi connectivity index (χ1v) is 10.4. The van der Waals surface area contributed by atoms with E-state index >= 15 is 0 Å². The van der Waals surface area contributed by atoms with Crippen molar-refractivity contribution in [3.63, 3.8) is 0 Å². The van der Waals surface area contributed by atoms with Crippen molar-refractivity contribution in [3.8, 4) is 11.4 Å². The number of halogens is 1. The summed E-state index contributed by atoms with van der Waals surface area (Å²) in [6.45, 7) is 1.60. The van der Waals surface area contributed by atoms with Crippen LogP contribution in [0.2, 0.25) is 0 Å². The first kappa shape index (κ1) is 19.8. The van der Waals surface area contributed by atoms with Gasteiger partial charge in [-0.1, -0.05) is 18.2 Å². The van der Waals surface area contributed by atoms with Crippen LogP contribution in [0.25, 0.3) is 5.69 Å². The van der Waals surface area contributed by atoms with E-state index in [1.54, 1.807) is 19.5 Å². The summed E-state index contributed by atoms with van der Waals surface area (Å²) < 4.78 is 12.1. The molecular weight excluding hydrogens is 483 g/mol. The highest BCUT2D eigenvalue weighted by molar-refractivity contribution is 14.1. The van der Waals surface area contributed by atoms with Gasteiger partial charge < -0.3 is 14.4 Å². The Morgan fingerprint density at radius 3 is 2.79 bits per heavy atom. The molecule has 29 heavy (non-hydrogen) atoms. The molecule has 0 bridgehead atoms. The number of hydrogen-bond acceptors (Lipinski definition) is 5. The lowest BCUT2D eigenvalue weighted by Crippen LogP contribution is -2.50. The minimum atomic E-state index is -0.0425. The second-order valence-corrected chi connectivity index (χ2v) is 7.90. The number of carbonyl (C=O) groups excluding carboxylic acids is 1. The quantitative estimate of drug-likeness (QED) is 0.500. The van der Waals surface area contributed by atoms with Crippen molar-refractivity contribution in [2.45, 2.75) is 12.5 Å². The molecule has 2 aromatic carbocycles. The molecule has 1 atom stereocenters. The van der Waals surface area contributed by atoms with Gasteiger partial charge in [-0.15, -0.1) is 0 Å². The minimum absolute atomic E-state index is 0.0330. The molecule has 0 spiro atoms. The van der Waals surface area contributed by atoms with Crippen LogP contribution in [-0.2, 0) is 11.2 Å². The molecule has 0 aliphatic carbocycles. The normalized spacial score (nSPS) is 16.6. The lowest BCUT2D eigenvalue weighted by molar-refractivity contribution is -0.00165. The largest absolute Gasteiger partial charge is 0.496 e. The number of ether oxygens (including phenoxy) is 2. The molecule has 1 unspecified atom stereocenters. The SMILES string of the molecule is COc1ccc(CC2COCCN2C(=O)c2ccccc2-n2nccn2)cc1I. The predicted octanol–water partition coefficient (Wildman–Crippen LogP) is 2.96. The lowest BCUT2D eigenvalue weighted by atomic mass is 10.0. The number of rotatable bonds is 5. The van der Waals surface area contributed by atoms with Crippen LogP contribution in [0.15, 0.2) is 54.9 Å².